The van der Waals surface area contributed by atoms with Gasteiger partial charge in [0.1, 0.15) is 17.7 Å². The van der Waals surface area contributed by atoms with Crippen LogP contribution in [0.25, 0.3) is 0 Å². The van der Waals surface area contributed by atoms with E-state index in [9.17, 15) is 4.79 Å². The average molecular weight is 410 g/mol. The molecule has 0 bridgehead atoms. The number of carbonyl (C=O) groups is 1. The summed E-state index contributed by atoms with van der Waals surface area (Å²) in [5.74, 6) is 2.40. The van der Waals surface area contributed by atoms with Gasteiger partial charge in [-0.1, -0.05) is 0 Å². The third-order valence-corrected chi connectivity index (χ3v) is 6.11. The Morgan fingerprint density at radius 2 is 2.03 bits per heavy atom. The van der Waals surface area contributed by atoms with Gasteiger partial charge in [0.15, 0.2) is 0 Å². The van der Waals surface area contributed by atoms with Crippen molar-refractivity contribution in [3.63, 3.8) is 0 Å². The molecule has 0 saturated carbocycles. The topological polar surface area (TPSA) is 77.0 Å². The Kier molecular flexibility index (Phi) is 4.94. The molecule has 1 unspecified atom stereocenters. The predicted octanol–water partition coefficient (Wildman–Crippen LogP) is 2.37. The van der Waals surface area contributed by atoms with Crippen molar-refractivity contribution in [2.75, 3.05) is 44.9 Å². The number of rotatable bonds is 4. The third-order valence-electron chi connectivity index (χ3n) is 6.11. The number of piperidine rings is 1. The lowest BCUT2D eigenvalue weighted by atomic mass is 10.1. The van der Waals surface area contributed by atoms with Crippen molar-refractivity contribution in [2.45, 2.75) is 31.9 Å². The number of anilines is 1. The van der Waals surface area contributed by atoms with Crippen molar-refractivity contribution in [3.05, 3.63) is 41.2 Å². The first kappa shape index (κ1) is 19.1. The lowest BCUT2D eigenvalue weighted by molar-refractivity contribution is 0.00356. The van der Waals surface area contributed by atoms with Crippen molar-refractivity contribution in [3.8, 4) is 11.6 Å². The molecule has 2 aromatic heterocycles. The molecular formula is C22H26N4O4. The number of aryl methyl sites for hydroxylation is 1. The summed E-state index contributed by atoms with van der Waals surface area (Å²) < 4.78 is 16.8. The van der Waals surface area contributed by atoms with Crippen LogP contribution in [0.3, 0.4) is 0 Å². The van der Waals surface area contributed by atoms with E-state index in [0.29, 0.717) is 25.6 Å². The first-order valence-electron chi connectivity index (χ1n) is 10.5. The number of amides is 1. The summed E-state index contributed by atoms with van der Waals surface area (Å²) in [5, 5.41) is 0. The largest absolute Gasteiger partial charge is 0.489 e. The first-order valence-corrected chi connectivity index (χ1v) is 10.5. The van der Waals surface area contributed by atoms with Crippen molar-refractivity contribution in [2.24, 2.45) is 0 Å². The highest BCUT2D eigenvalue weighted by atomic mass is 16.5. The molecule has 1 atom stereocenters. The number of hydrogen-bond donors (Lipinski definition) is 0. The molecule has 0 aromatic carbocycles. The van der Waals surface area contributed by atoms with Crippen LogP contribution < -0.4 is 14.4 Å². The van der Waals surface area contributed by atoms with Crippen molar-refractivity contribution >= 4 is 11.7 Å². The molecule has 5 heterocycles. The van der Waals surface area contributed by atoms with E-state index in [1.54, 1.807) is 13.3 Å². The minimum Gasteiger partial charge on any atom is -0.489 e. The van der Waals surface area contributed by atoms with Gasteiger partial charge in [0.2, 0.25) is 5.88 Å². The summed E-state index contributed by atoms with van der Waals surface area (Å²) in [6.07, 6.45) is 3.66. The van der Waals surface area contributed by atoms with Crippen LogP contribution in [0.2, 0.25) is 0 Å². The van der Waals surface area contributed by atoms with E-state index in [-0.39, 0.29) is 18.1 Å². The number of methoxy groups -OCH3 is 1. The summed E-state index contributed by atoms with van der Waals surface area (Å²) in [7, 11) is 1.60. The molecular weight excluding hydrogens is 384 g/mol. The molecule has 2 saturated heterocycles. The third kappa shape index (κ3) is 3.35. The van der Waals surface area contributed by atoms with Gasteiger partial charge < -0.3 is 24.0 Å². The summed E-state index contributed by atoms with van der Waals surface area (Å²) in [6.45, 7) is 5.52. The highest BCUT2D eigenvalue weighted by Crippen LogP contribution is 2.37. The first-order chi connectivity index (χ1) is 14.6. The van der Waals surface area contributed by atoms with Crippen molar-refractivity contribution < 1.29 is 19.0 Å². The van der Waals surface area contributed by atoms with Gasteiger partial charge in [-0.2, -0.15) is 0 Å². The monoisotopic (exact) mass is 410 g/mol. The molecule has 8 heteroatoms. The lowest BCUT2D eigenvalue weighted by Gasteiger charge is -2.34. The van der Waals surface area contributed by atoms with E-state index in [0.717, 1.165) is 54.3 Å². The van der Waals surface area contributed by atoms with Crippen LogP contribution in [0.5, 0.6) is 11.6 Å². The fraction of sp³-hybridized carbons (Fsp3) is 0.500. The number of ether oxygens (including phenoxy) is 3. The number of carbonyl (C=O) groups excluding carboxylic acids is 1. The standard InChI is InChI=1S/C22H26N4O4/c1-14-11-17-20(18-13-29-10-9-26(18)22(17)27)24-21(14)25-7-5-15(6-8-25)30-16-3-4-19(28-2)23-12-16/h3-4,11-12,15,18H,5-10,13H2,1-2H3. The summed E-state index contributed by atoms with van der Waals surface area (Å²) in [5.41, 5.74) is 2.64. The minimum absolute atomic E-state index is 0.0518. The molecule has 3 aliphatic heterocycles. The second-order valence-electron chi connectivity index (χ2n) is 7.99. The molecule has 1 amide bonds. The van der Waals surface area contributed by atoms with Gasteiger partial charge in [0, 0.05) is 38.5 Å². The molecule has 0 N–H and O–H groups in total. The summed E-state index contributed by atoms with van der Waals surface area (Å²) in [6, 6.07) is 5.65. The molecule has 3 aliphatic rings. The van der Waals surface area contributed by atoms with E-state index in [4.69, 9.17) is 19.2 Å². The quantitative estimate of drug-likeness (QED) is 0.766. The normalized spacial score (nSPS) is 21.4. The molecule has 158 valence electrons. The van der Waals surface area contributed by atoms with E-state index in [1.165, 1.54) is 0 Å². The number of hydrogen-bond acceptors (Lipinski definition) is 7. The highest BCUT2D eigenvalue weighted by molar-refractivity contribution is 5.99. The molecule has 8 nitrogen and oxygen atoms in total. The van der Waals surface area contributed by atoms with Gasteiger partial charge in [-0.05, 0) is 24.6 Å². The SMILES string of the molecule is COc1ccc(OC2CCN(c3nc4c(cc3C)C(=O)N3CCOCC43)CC2)cn1. The van der Waals surface area contributed by atoms with Gasteiger partial charge in [0.25, 0.3) is 5.91 Å². The maximum Gasteiger partial charge on any atom is 0.256 e. The van der Waals surface area contributed by atoms with Crippen molar-refractivity contribution in [1.82, 2.24) is 14.9 Å². The van der Waals surface area contributed by atoms with Crippen LogP contribution in [-0.2, 0) is 4.74 Å². The van der Waals surface area contributed by atoms with Crippen molar-refractivity contribution in [1.29, 1.82) is 0 Å². The number of morpholine rings is 1. The zero-order valence-electron chi connectivity index (χ0n) is 17.3. The molecule has 30 heavy (non-hydrogen) atoms. The Labute approximate surface area is 175 Å². The number of nitrogens with zero attached hydrogens (tertiary/aromatic N) is 4. The summed E-state index contributed by atoms with van der Waals surface area (Å²) >= 11 is 0. The zero-order chi connectivity index (χ0) is 20.7. The minimum atomic E-state index is -0.0518. The van der Waals surface area contributed by atoms with Crippen LogP contribution in [0.15, 0.2) is 24.4 Å². The molecule has 0 spiro atoms. The summed E-state index contributed by atoms with van der Waals surface area (Å²) in [4.78, 5) is 26.1. The molecule has 0 aliphatic carbocycles. The Hall–Kier alpha value is -2.87. The number of pyridine rings is 2. The Bertz CT molecular complexity index is 941. The number of aromatic nitrogens is 2. The van der Waals surface area contributed by atoms with Crippen LogP contribution in [-0.4, -0.2) is 66.8 Å². The van der Waals surface area contributed by atoms with Crippen LogP contribution in [0.4, 0.5) is 5.82 Å². The molecule has 2 aromatic rings. The van der Waals surface area contributed by atoms with E-state index < -0.39 is 0 Å². The molecule has 5 rings (SSSR count). The fourth-order valence-electron chi connectivity index (χ4n) is 4.53. The van der Waals surface area contributed by atoms with E-state index in [2.05, 4.69) is 9.88 Å². The fourth-order valence-corrected chi connectivity index (χ4v) is 4.53. The van der Waals surface area contributed by atoms with Crippen LogP contribution in [0, 0.1) is 6.92 Å². The van der Waals surface area contributed by atoms with Crippen LogP contribution >= 0.6 is 0 Å². The second-order valence-corrected chi connectivity index (χ2v) is 7.99. The maximum absolute atomic E-state index is 12.7. The maximum atomic E-state index is 12.7. The highest BCUT2D eigenvalue weighted by Gasteiger charge is 2.41. The Morgan fingerprint density at radius 3 is 2.77 bits per heavy atom. The van der Waals surface area contributed by atoms with E-state index in [1.807, 2.05) is 30.0 Å². The average Bonchev–Trinajstić information content (AvgIpc) is 3.06. The van der Waals surface area contributed by atoms with Gasteiger partial charge in [0.05, 0.1) is 43.8 Å². The van der Waals surface area contributed by atoms with E-state index >= 15 is 0 Å². The molecule has 0 radical (unpaired) electrons. The second kappa shape index (κ2) is 7.75. The van der Waals surface area contributed by atoms with Gasteiger partial charge in [-0.15, -0.1) is 0 Å². The Balaban J connectivity index is 1.28. The van der Waals surface area contributed by atoms with Gasteiger partial charge in [-0.25, -0.2) is 9.97 Å². The smallest absolute Gasteiger partial charge is 0.256 e. The van der Waals surface area contributed by atoms with Crippen LogP contribution in [0.1, 0.15) is 40.5 Å². The van der Waals surface area contributed by atoms with Gasteiger partial charge >= 0.3 is 0 Å². The zero-order valence-corrected chi connectivity index (χ0v) is 17.3. The lowest BCUT2D eigenvalue weighted by Crippen LogP contribution is -2.39. The van der Waals surface area contributed by atoms with Gasteiger partial charge in [-0.3, -0.25) is 4.79 Å². The molecule has 2 fully saturated rings. The number of fused-ring (bicyclic) bond motifs is 3. The Morgan fingerprint density at radius 1 is 1.20 bits per heavy atom. The predicted molar refractivity (Wildman–Crippen MR) is 110 cm³/mol.